The molecule has 126 valence electrons. The van der Waals surface area contributed by atoms with Gasteiger partial charge in [-0.2, -0.15) is 5.10 Å². The molecule has 1 aromatic carbocycles. The number of rotatable bonds is 3. The second kappa shape index (κ2) is 6.82. The third kappa shape index (κ3) is 3.45. The summed E-state index contributed by atoms with van der Waals surface area (Å²) in [6, 6.07) is 7.66. The van der Waals surface area contributed by atoms with Crippen LogP contribution in [0.25, 0.3) is 0 Å². The minimum atomic E-state index is -0.337. The highest BCUT2D eigenvalue weighted by molar-refractivity contribution is 5.94. The Kier molecular flexibility index (Phi) is 4.59. The van der Waals surface area contributed by atoms with Gasteiger partial charge in [0, 0.05) is 51.9 Å². The molecule has 0 N–H and O–H groups in total. The van der Waals surface area contributed by atoms with E-state index in [2.05, 4.69) is 15.1 Å². The average Bonchev–Trinajstić information content (AvgIpc) is 2.62. The molecule has 1 aliphatic rings. The van der Waals surface area contributed by atoms with Crippen molar-refractivity contribution in [3.8, 4) is 0 Å². The molecule has 6 nitrogen and oxygen atoms in total. The van der Waals surface area contributed by atoms with Crippen LogP contribution in [0.5, 0.6) is 0 Å². The van der Waals surface area contributed by atoms with Crippen LogP contribution in [0.4, 0.5) is 15.9 Å². The summed E-state index contributed by atoms with van der Waals surface area (Å²) in [4.78, 5) is 18.3. The summed E-state index contributed by atoms with van der Waals surface area (Å²) in [6.45, 7) is 2.59. The van der Waals surface area contributed by atoms with E-state index in [1.807, 2.05) is 25.1 Å². The molecule has 24 heavy (non-hydrogen) atoms. The molecular formula is C17H20FN5O. The maximum Gasteiger partial charge on any atom is 0.253 e. The predicted octanol–water partition coefficient (Wildman–Crippen LogP) is 1.64. The molecule has 1 aromatic heterocycles. The van der Waals surface area contributed by atoms with Gasteiger partial charge >= 0.3 is 0 Å². The van der Waals surface area contributed by atoms with Crippen molar-refractivity contribution in [3.05, 3.63) is 47.9 Å². The lowest BCUT2D eigenvalue weighted by Gasteiger charge is -2.35. The summed E-state index contributed by atoms with van der Waals surface area (Å²) < 4.78 is 13.0. The lowest BCUT2D eigenvalue weighted by molar-refractivity contribution is 0.0746. The van der Waals surface area contributed by atoms with Crippen LogP contribution >= 0.6 is 0 Å². The average molecular weight is 329 g/mol. The molecule has 0 spiro atoms. The standard InChI is InChI=1S/C17H20FN5O/c1-21(2)15-11-16(20-19-12-15)22-7-9-23(10-8-22)17(24)13-3-5-14(18)6-4-13/h3-6,11-12H,7-10H2,1-2H3. The van der Waals surface area contributed by atoms with Gasteiger partial charge in [-0.1, -0.05) is 0 Å². The monoisotopic (exact) mass is 329 g/mol. The van der Waals surface area contributed by atoms with Crippen molar-refractivity contribution in [1.82, 2.24) is 15.1 Å². The van der Waals surface area contributed by atoms with Crippen LogP contribution in [0.15, 0.2) is 36.5 Å². The van der Waals surface area contributed by atoms with Crippen LogP contribution in [0.2, 0.25) is 0 Å². The zero-order chi connectivity index (χ0) is 17.1. The van der Waals surface area contributed by atoms with Crippen molar-refractivity contribution in [1.29, 1.82) is 0 Å². The number of hydrogen-bond acceptors (Lipinski definition) is 5. The number of nitrogens with zero attached hydrogens (tertiary/aromatic N) is 5. The van der Waals surface area contributed by atoms with E-state index in [0.29, 0.717) is 31.7 Å². The zero-order valence-corrected chi connectivity index (χ0v) is 13.8. The van der Waals surface area contributed by atoms with Crippen molar-refractivity contribution in [3.63, 3.8) is 0 Å². The van der Waals surface area contributed by atoms with Crippen molar-refractivity contribution in [2.24, 2.45) is 0 Å². The summed E-state index contributed by atoms with van der Waals surface area (Å²) in [5.74, 6) is 0.411. The Labute approximate surface area is 140 Å². The van der Waals surface area contributed by atoms with Crippen LogP contribution < -0.4 is 9.80 Å². The molecule has 0 aliphatic carbocycles. The van der Waals surface area contributed by atoms with Gasteiger partial charge in [0.05, 0.1) is 11.9 Å². The third-order valence-electron chi connectivity index (χ3n) is 4.13. The van der Waals surface area contributed by atoms with Gasteiger partial charge in [-0.25, -0.2) is 4.39 Å². The van der Waals surface area contributed by atoms with Gasteiger partial charge in [0.2, 0.25) is 0 Å². The molecule has 0 saturated carbocycles. The fourth-order valence-corrected chi connectivity index (χ4v) is 2.66. The fraction of sp³-hybridized carbons (Fsp3) is 0.353. The Hall–Kier alpha value is -2.70. The van der Waals surface area contributed by atoms with Crippen molar-refractivity contribution in [2.75, 3.05) is 50.1 Å². The number of piperazine rings is 1. The molecule has 0 bridgehead atoms. The van der Waals surface area contributed by atoms with Crippen LogP contribution in [-0.2, 0) is 0 Å². The highest BCUT2D eigenvalue weighted by atomic mass is 19.1. The van der Waals surface area contributed by atoms with Gasteiger partial charge in [0.15, 0.2) is 5.82 Å². The van der Waals surface area contributed by atoms with Gasteiger partial charge < -0.3 is 14.7 Å². The zero-order valence-electron chi connectivity index (χ0n) is 13.8. The molecule has 0 unspecified atom stereocenters. The highest BCUT2D eigenvalue weighted by Gasteiger charge is 2.23. The van der Waals surface area contributed by atoms with E-state index in [9.17, 15) is 9.18 Å². The van der Waals surface area contributed by atoms with Gasteiger partial charge in [0.25, 0.3) is 5.91 Å². The van der Waals surface area contributed by atoms with E-state index in [-0.39, 0.29) is 11.7 Å². The number of anilines is 2. The van der Waals surface area contributed by atoms with Crippen LogP contribution in [0.3, 0.4) is 0 Å². The Morgan fingerprint density at radius 3 is 2.42 bits per heavy atom. The predicted molar refractivity (Wildman–Crippen MR) is 90.9 cm³/mol. The van der Waals surface area contributed by atoms with Crippen LogP contribution in [-0.4, -0.2) is 61.3 Å². The van der Waals surface area contributed by atoms with Crippen LogP contribution in [0, 0.1) is 5.82 Å². The van der Waals surface area contributed by atoms with Crippen molar-refractivity contribution in [2.45, 2.75) is 0 Å². The molecular weight excluding hydrogens is 309 g/mol. The maximum absolute atomic E-state index is 13.0. The summed E-state index contributed by atoms with van der Waals surface area (Å²) >= 11 is 0. The number of aromatic nitrogens is 2. The topological polar surface area (TPSA) is 52.6 Å². The van der Waals surface area contributed by atoms with Gasteiger partial charge in [-0.3, -0.25) is 4.79 Å². The molecule has 7 heteroatoms. The molecule has 1 amide bonds. The molecule has 1 fully saturated rings. The van der Waals surface area contributed by atoms with Crippen LogP contribution in [0.1, 0.15) is 10.4 Å². The molecule has 2 aromatic rings. The number of halogens is 1. The van der Waals surface area contributed by atoms with Crippen molar-refractivity contribution < 1.29 is 9.18 Å². The van der Waals surface area contributed by atoms with E-state index in [4.69, 9.17) is 0 Å². The molecule has 0 atom stereocenters. The molecule has 2 heterocycles. The highest BCUT2D eigenvalue weighted by Crippen LogP contribution is 2.19. The van der Waals surface area contributed by atoms with Crippen molar-refractivity contribution >= 4 is 17.4 Å². The van der Waals surface area contributed by atoms with E-state index in [0.717, 1.165) is 11.5 Å². The Balaban J connectivity index is 1.64. The lowest BCUT2D eigenvalue weighted by atomic mass is 10.2. The number of carbonyl (C=O) groups excluding carboxylic acids is 1. The largest absolute Gasteiger partial charge is 0.376 e. The van der Waals surface area contributed by atoms with E-state index in [1.54, 1.807) is 11.1 Å². The minimum absolute atomic E-state index is 0.0669. The number of benzene rings is 1. The Morgan fingerprint density at radius 1 is 1.12 bits per heavy atom. The second-order valence-electron chi connectivity index (χ2n) is 5.95. The fourth-order valence-electron chi connectivity index (χ4n) is 2.66. The van der Waals surface area contributed by atoms with E-state index in [1.165, 1.54) is 24.3 Å². The molecule has 1 aliphatic heterocycles. The summed E-state index contributed by atoms with van der Waals surface area (Å²) in [7, 11) is 3.92. The minimum Gasteiger partial charge on any atom is -0.376 e. The Morgan fingerprint density at radius 2 is 1.79 bits per heavy atom. The SMILES string of the molecule is CN(C)c1cnnc(N2CCN(C(=O)c3ccc(F)cc3)CC2)c1. The van der Waals surface area contributed by atoms with E-state index >= 15 is 0 Å². The normalized spacial score (nSPS) is 14.6. The van der Waals surface area contributed by atoms with E-state index < -0.39 is 0 Å². The lowest BCUT2D eigenvalue weighted by Crippen LogP contribution is -2.49. The quantitative estimate of drug-likeness (QED) is 0.857. The smallest absolute Gasteiger partial charge is 0.253 e. The van der Waals surface area contributed by atoms with Gasteiger partial charge in [0.1, 0.15) is 5.82 Å². The number of hydrogen-bond donors (Lipinski definition) is 0. The number of amides is 1. The molecule has 3 rings (SSSR count). The molecule has 1 saturated heterocycles. The first-order valence-corrected chi connectivity index (χ1v) is 7.84. The first-order valence-electron chi connectivity index (χ1n) is 7.84. The second-order valence-corrected chi connectivity index (χ2v) is 5.95. The molecule has 0 radical (unpaired) electrons. The van der Waals surface area contributed by atoms with Gasteiger partial charge in [-0.15, -0.1) is 5.10 Å². The Bertz CT molecular complexity index is 711. The first kappa shape index (κ1) is 16.2. The first-order chi connectivity index (χ1) is 11.5. The summed E-state index contributed by atoms with van der Waals surface area (Å²) in [6.07, 6.45) is 1.72. The third-order valence-corrected chi connectivity index (χ3v) is 4.13. The summed E-state index contributed by atoms with van der Waals surface area (Å²) in [5.41, 5.74) is 1.50. The number of carbonyl (C=O) groups is 1. The van der Waals surface area contributed by atoms with Gasteiger partial charge in [-0.05, 0) is 24.3 Å². The maximum atomic E-state index is 13.0. The summed E-state index contributed by atoms with van der Waals surface area (Å²) in [5, 5.41) is 8.23.